The smallest absolute Gasteiger partial charge is 0.273 e. The first-order chi connectivity index (χ1) is 9.29. The Balaban J connectivity index is 2.59. The van der Waals surface area contributed by atoms with Gasteiger partial charge in [-0.1, -0.05) is 43.7 Å². The topological polar surface area (TPSA) is 90.9 Å². The molecule has 2 aromatic rings. The molecule has 0 spiro atoms. The minimum absolute atomic E-state index is 0.193. The van der Waals surface area contributed by atoms with Gasteiger partial charge in [0, 0.05) is 12.1 Å². The summed E-state index contributed by atoms with van der Waals surface area (Å²) >= 11 is 0. The lowest BCUT2D eigenvalue weighted by Gasteiger charge is -2.11. The molecular formula is C13H18N4O2S. The molecule has 0 aliphatic heterocycles. The molecule has 0 bridgehead atoms. The van der Waals surface area contributed by atoms with Gasteiger partial charge in [0.1, 0.15) is 0 Å². The van der Waals surface area contributed by atoms with Crippen LogP contribution in [-0.4, -0.2) is 23.2 Å². The Morgan fingerprint density at radius 3 is 2.30 bits per heavy atom. The van der Waals surface area contributed by atoms with E-state index >= 15 is 0 Å². The van der Waals surface area contributed by atoms with E-state index in [1.54, 1.807) is 4.57 Å². The summed E-state index contributed by atoms with van der Waals surface area (Å²) in [7, 11) is -3.89. The second kappa shape index (κ2) is 5.34. The van der Waals surface area contributed by atoms with Crippen LogP contribution in [-0.2, 0) is 16.6 Å². The molecule has 1 aromatic heterocycles. The van der Waals surface area contributed by atoms with Gasteiger partial charge in [-0.25, -0.2) is 13.6 Å². The number of hydrogen-bond acceptors (Lipinski definition) is 4. The van der Waals surface area contributed by atoms with E-state index in [9.17, 15) is 8.42 Å². The predicted octanol–water partition coefficient (Wildman–Crippen LogP) is 1.56. The van der Waals surface area contributed by atoms with Crippen LogP contribution in [0.2, 0.25) is 0 Å². The van der Waals surface area contributed by atoms with Crippen LogP contribution in [0.15, 0.2) is 29.4 Å². The van der Waals surface area contributed by atoms with Crippen molar-refractivity contribution in [3.63, 3.8) is 0 Å². The molecule has 6 nitrogen and oxygen atoms in total. The molecule has 2 rings (SSSR count). The fraction of sp³-hybridized carbons (Fsp3) is 0.385. The first-order valence-corrected chi connectivity index (χ1v) is 7.86. The summed E-state index contributed by atoms with van der Waals surface area (Å²) in [6.45, 7) is 6.46. The van der Waals surface area contributed by atoms with Crippen LogP contribution >= 0.6 is 0 Å². The van der Waals surface area contributed by atoms with E-state index in [1.165, 1.54) is 0 Å². The summed E-state index contributed by atoms with van der Waals surface area (Å²) in [4.78, 5) is 0. The third kappa shape index (κ3) is 3.05. The minimum Gasteiger partial charge on any atom is -0.296 e. The molecule has 0 aliphatic rings. The summed E-state index contributed by atoms with van der Waals surface area (Å²) in [6.07, 6.45) is 0. The largest absolute Gasteiger partial charge is 0.296 e. The van der Waals surface area contributed by atoms with Crippen molar-refractivity contribution in [3.05, 3.63) is 29.8 Å². The number of sulfonamides is 1. The molecule has 0 atom stereocenters. The third-order valence-electron chi connectivity index (χ3n) is 2.83. The second-order valence-electron chi connectivity index (χ2n) is 5.22. The van der Waals surface area contributed by atoms with Crippen molar-refractivity contribution in [3.8, 4) is 11.4 Å². The van der Waals surface area contributed by atoms with E-state index in [0.29, 0.717) is 12.4 Å². The molecular weight excluding hydrogens is 276 g/mol. The number of aryl methyl sites for hydroxylation is 1. The molecule has 108 valence electrons. The number of primary sulfonamides is 1. The van der Waals surface area contributed by atoms with Crippen LogP contribution in [0.3, 0.4) is 0 Å². The van der Waals surface area contributed by atoms with Gasteiger partial charge >= 0.3 is 0 Å². The Hall–Kier alpha value is -1.73. The van der Waals surface area contributed by atoms with Crippen molar-refractivity contribution >= 4 is 10.0 Å². The lowest BCUT2D eigenvalue weighted by atomic mass is 10.1. The summed E-state index contributed by atoms with van der Waals surface area (Å²) in [5, 5.41) is 12.7. The highest BCUT2D eigenvalue weighted by molar-refractivity contribution is 7.89. The molecule has 0 saturated heterocycles. The van der Waals surface area contributed by atoms with Gasteiger partial charge in [-0.15, -0.1) is 10.2 Å². The van der Waals surface area contributed by atoms with Crippen LogP contribution in [0, 0.1) is 12.8 Å². The molecule has 0 radical (unpaired) electrons. The molecule has 0 saturated carbocycles. The quantitative estimate of drug-likeness (QED) is 0.926. The number of nitrogens with zero attached hydrogens (tertiary/aromatic N) is 3. The molecule has 1 heterocycles. The maximum atomic E-state index is 11.6. The summed E-state index contributed by atoms with van der Waals surface area (Å²) in [6, 6.07) is 7.67. The molecule has 0 unspecified atom stereocenters. The van der Waals surface area contributed by atoms with E-state index < -0.39 is 10.0 Å². The van der Waals surface area contributed by atoms with Crippen LogP contribution in [0.5, 0.6) is 0 Å². The van der Waals surface area contributed by atoms with Crippen LogP contribution in [0.25, 0.3) is 11.4 Å². The van der Waals surface area contributed by atoms with Gasteiger partial charge < -0.3 is 0 Å². The van der Waals surface area contributed by atoms with Crippen molar-refractivity contribution in [2.24, 2.45) is 11.1 Å². The van der Waals surface area contributed by atoms with Crippen LogP contribution in [0.1, 0.15) is 19.4 Å². The first-order valence-electron chi connectivity index (χ1n) is 6.32. The van der Waals surface area contributed by atoms with Gasteiger partial charge in [0.25, 0.3) is 15.2 Å². The van der Waals surface area contributed by atoms with Crippen LogP contribution < -0.4 is 5.14 Å². The van der Waals surface area contributed by atoms with Gasteiger partial charge in [-0.2, -0.15) is 0 Å². The predicted molar refractivity (Wildman–Crippen MR) is 76.4 cm³/mol. The highest BCUT2D eigenvalue weighted by atomic mass is 32.2. The Labute approximate surface area is 118 Å². The number of hydrogen-bond donors (Lipinski definition) is 1. The molecule has 1 aromatic carbocycles. The average Bonchev–Trinajstić information content (AvgIpc) is 2.72. The Bertz CT molecular complexity index is 702. The van der Waals surface area contributed by atoms with E-state index in [2.05, 4.69) is 10.2 Å². The normalized spacial score (nSPS) is 12.1. The number of nitrogens with two attached hydrogens (primary N) is 1. The highest BCUT2D eigenvalue weighted by Gasteiger charge is 2.22. The average molecular weight is 294 g/mol. The fourth-order valence-corrected chi connectivity index (χ4v) is 2.57. The molecule has 0 amide bonds. The van der Waals surface area contributed by atoms with Crippen LogP contribution in [0.4, 0.5) is 0 Å². The lowest BCUT2D eigenvalue weighted by Crippen LogP contribution is -2.20. The Kier molecular flexibility index (Phi) is 3.92. The maximum absolute atomic E-state index is 11.6. The Morgan fingerprint density at radius 2 is 1.80 bits per heavy atom. The van der Waals surface area contributed by atoms with Crippen molar-refractivity contribution in [2.75, 3.05) is 0 Å². The molecule has 7 heteroatoms. The van der Waals surface area contributed by atoms with Gasteiger partial charge in [-0.3, -0.25) is 4.57 Å². The summed E-state index contributed by atoms with van der Waals surface area (Å²) in [5.74, 6) is 0.762. The zero-order valence-electron chi connectivity index (χ0n) is 11.7. The molecule has 2 N–H and O–H groups in total. The summed E-state index contributed by atoms with van der Waals surface area (Å²) in [5.41, 5.74) is 1.94. The number of benzene rings is 1. The van der Waals surface area contributed by atoms with Crippen molar-refractivity contribution in [1.29, 1.82) is 0 Å². The Morgan fingerprint density at radius 1 is 1.20 bits per heavy atom. The maximum Gasteiger partial charge on any atom is 0.273 e. The molecule has 20 heavy (non-hydrogen) atoms. The minimum atomic E-state index is -3.89. The van der Waals surface area contributed by atoms with Gasteiger partial charge in [0.15, 0.2) is 5.82 Å². The summed E-state index contributed by atoms with van der Waals surface area (Å²) < 4.78 is 24.7. The highest BCUT2D eigenvalue weighted by Crippen LogP contribution is 2.21. The van der Waals surface area contributed by atoms with Gasteiger partial charge in [0.2, 0.25) is 0 Å². The SMILES string of the molecule is Cc1ccc(-c2nnc(S(N)(=O)=O)n2CC(C)C)cc1. The van der Waals surface area contributed by atoms with E-state index in [4.69, 9.17) is 5.14 Å². The van der Waals surface area contributed by atoms with Gasteiger partial charge in [0.05, 0.1) is 0 Å². The first kappa shape index (κ1) is 14.7. The standard InChI is InChI=1S/C13H18N4O2S/c1-9(2)8-17-12(11-6-4-10(3)5-7-11)15-16-13(17)20(14,18)19/h4-7,9H,8H2,1-3H3,(H2,14,18,19). The van der Waals surface area contributed by atoms with Gasteiger partial charge in [-0.05, 0) is 12.8 Å². The van der Waals surface area contributed by atoms with E-state index in [0.717, 1.165) is 11.1 Å². The lowest BCUT2D eigenvalue weighted by molar-refractivity contribution is 0.486. The molecule has 0 aliphatic carbocycles. The number of rotatable bonds is 4. The third-order valence-corrected chi connectivity index (χ3v) is 3.64. The fourth-order valence-electron chi connectivity index (χ4n) is 1.95. The van der Waals surface area contributed by atoms with E-state index in [1.807, 2.05) is 45.0 Å². The second-order valence-corrected chi connectivity index (χ2v) is 6.68. The van der Waals surface area contributed by atoms with E-state index in [-0.39, 0.29) is 11.1 Å². The zero-order chi connectivity index (χ0) is 14.9. The van der Waals surface area contributed by atoms with Crippen molar-refractivity contribution in [1.82, 2.24) is 14.8 Å². The zero-order valence-corrected chi connectivity index (χ0v) is 12.6. The molecule has 0 fully saturated rings. The van der Waals surface area contributed by atoms with Crippen molar-refractivity contribution in [2.45, 2.75) is 32.5 Å². The number of aromatic nitrogens is 3. The monoisotopic (exact) mass is 294 g/mol. The van der Waals surface area contributed by atoms with Crippen molar-refractivity contribution < 1.29 is 8.42 Å².